The summed E-state index contributed by atoms with van der Waals surface area (Å²) >= 11 is 0. The third kappa shape index (κ3) is 10.1. The van der Waals surface area contributed by atoms with Crippen LogP contribution in [0.25, 0.3) is 0 Å². The molecule has 1 aromatic heterocycles. The number of aliphatic hydroxyl groups excluding tert-OH is 1. The van der Waals surface area contributed by atoms with Crippen molar-refractivity contribution in [3.8, 4) is 0 Å². The van der Waals surface area contributed by atoms with E-state index >= 15 is 0 Å². The zero-order valence-electron chi connectivity index (χ0n) is 23.0. The van der Waals surface area contributed by atoms with Gasteiger partial charge in [0.2, 0.25) is 12.4 Å². The maximum Gasteiger partial charge on any atom is 0.326 e. The van der Waals surface area contributed by atoms with Crippen LogP contribution in [0.3, 0.4) is 0 Å². The number of hydrogen-bond donors (Lipinski definition) is 7. The topological polar surface area (TPSA) is 243 Å². The van der Waals surface area contributed by atoms with E-state index in [2.05, 4.69) is 47.1 Å². The van der Waals surface area contributed by atoms with E-state index in [1.807, 2.05) is 0 Å². The first-order valence-electron chi connectivity index (χ1n) is 12.6. The first kappa shape index (κ1) is 32.5. The van der Waals surface area contributed by atoms with E-state index in [0.29, 0.717) is 18.6 Å². The van der Waals surface area contributed by atoms with Crippen molar-refractivity contribution in [2.75, 3.05) is 68.7 Å². The summed E-state index contributed by atoms with van der Waals surface area (Å²) in [5, 5.41) is 36.4. The summed E-state index contributed by atoms with van der Waals surface area (Å²) in [6.45, 7) is 1.67. The summed E-state index contributed by atoms with van der Waals surface area (Å²) in [6.07, 6.45) is -0.278. The number of nitrogens with one attached hydrogen (secondary N) is 4. The van der Waals surface area contributed by atoms with Crippen molar-refractivity contribution in [2.24, 2.45) is 0 Å². The van der Waals surface area contributed by atoms with Crippen LogP contribution in [0.5, 0.6) is 0 Å². The van der Waals surface area contributed by atoms with Gasteiger partial charge in [-0.3, -0.25) is 19.4 Å². The molecule has 1 aliphatic rings. The maximum atomic E-state index is 12.3. The first-order valence-corrected chi connectivity index (χ1v) is 12.6. The molecule has 0 unspecified atom stereocenters. The number of amides is 2. The Balaban J connectivity index is 0.000000745. The van der Waals surface area contributed by atoms with Gasteiger partial charge in [-0.2, -0.15) is 4.98 Å². The number of anilines is 4. The predicted octanol–water partition coefficient (Wildman–Crippen LogP) is -2.38. The van der Waals surface area contributed by atoms with Gasteiger partial charge in [0.1, 0.15) is 12.6 Å². The molecule has 0 saturated heterocycles. The first-order chi connectivity index (χ1) is 19.2. The lowest BCUT2D eigenvalue weighted by molar-refractivity contribution is -0.870. The fourth-order valence-corrected chi connectivity index (χ4v) is 3.69. The van der Waals surface area contributed by atoms with Gasteiger partial charge in [-0.15, -0.1) is 0 Å². The third-order valence-corrected chi connectivity index (χ3v) is 5.88. The molecule has 16 heteroatoms. The van der Waals surface area contributed by atoms with Gasteiger partial charge in [0.15, 0.2) is 11.5 Å². The summed E-state index contributed by atoms with van der Waals surface area (Å²) < 4.78 is 0.844. The van der Waals surface area contributed by atoms with Crippen LogP contribution >= 0.6 is 0 Å². The van der Waals surface area contributed by atoms with Gasteiger partial charge in [-0.05, 0) is 37.1 Å². The molecule has 2 atom stereocenters. The average molecular weight is 577 g/mol. The average Bonchev–Trinajstić information content (AvgIpc) is 2.89. The lowest BCUT2D eigenvalue weighted by Crippen LogP contribution is -2.50. The Morgan fingerprint density at radius 2 is 1.93 bits per heavy atom. The molecular weight excluding hydrogens is 540 g/mol. The van der Waals surface area contributed by atoms with Gasteiger partial charge in [0, 0.05) is 30.3 Å². The van der Waals surface area contributed by atoms with Crippen LogP contribution in [-0.4, -0.2) is 108 Å². The highest BCUT2D eigenvalue weighted by molar-refractivity contribution is 5.97. The Labute approximate surface area is 235 Å². The number of nitrogens with two attached hydrogens (primary N) is 1. The Morgan fingerprint density at radius 1 is 1.27 bits per heavy atom. The zero-order chi connectivity index (χ0) is 30.7. The van der Waals surface area contributed by atoms with Crippen LogP contribution in [0, 0.1) is 0 Å². The van der Waals surface area contributed by atoms with Crippen LogP contribution in [0.1, 0.15) is 23.2 Å². The number of aliphatic hydroxyl groups is 1. The number of benzene rings is 1. The molecule has 2 amide bonds. The monoisotopic (exact) mass is 576 g/mol. The smallest absolute Gasteiger partial charge is 0.326 e. The van der Waals surface area contributed by atoms with E-state index in [1.165, 1.54) is 17.0 Å². The Hall–Kier alpha value is -4.70. The number of carboxylic acids is 2. The molecule has 1 aromatic carbocycles. The number of carbonyl (C=O) groups is 4. The van der Waals surface area contributed by atoms with Gasteiger partial charge in [0.05, 0.1) is 33.8 Å². The minimum Gasteiger partial charge on any atom is -0.550 e. The van der Waals surface area contributed by atoms with E-state index < -0.39 is 41.9 Å². The van der Waals surface area contributed by atoms with Gasteiger partial charge in [0.25, 0.3) is 11.5 Å². The highest BCUT2D eigenvalue weighted by atomic mass is 16.4. The van der Waals surface area contributed by atoms with Crippen molar-refractivity contribution in [3.05, 3.63) is 40.2 Å². The summed E-state index contributed by atoms with van der Waals surface area (Å²) in [5.74, 6) is -3.31. The van der Waals surface area contributed by atoms with Gasteiger partial charge >= 0.3 is 5.97 Å². The van der Waals surface area contributed by atoms with Crippen molar-refractivity contribution in [1.82, 2.24) is 15.3 Å². The molecule has 8 N–H and O–H groups in total. The van der Waals surface area contributed by atoms with Crippen molar-refractivity contribution >= 4 is 47.4 Å². The SMILES string of the molecule is C[N+](C)(C)CCO.Nc1nc2c(c(=O)[nH]1)N(C=O)[C@@H](CNc1ccc(C(=O)N[C@@H](CCC(=O)[O-])C(=O)O)cc1)CN2. The third-order valence-electron chi connectivity index (χ3n) is 5.88. The number of nitrogen functional groups attached to an aromatic ring is 1. The summed E-state index contributed by atoms with van der Waals surface area (Å²) in [7, 11) is 6.16. The van der Waals surface area contributed by atoms with Crippen LogP contribution in [-0.2, 0) is 14.4 Å². The van der Waals surface area contributed by atoms with Crippen LogP contribution in [0.2, 0.25) is 0 Å². The number of carbonyl (C=O) groups excluding carboxylic acids is 3. The number of rotatable bonds is 12. The molecule has 1 aliphatic heterocycles. The number of fused-ring (bicyclic) bond motifs is 1. The number of aromatic nitrogens is 2. The number of nitrogens with zero attached hydrogens (tertiary/aromatic N) is 3. The number of hydrogen-bond acceptors (Lipinski definition) is 11. The predicted molar refractivity (Wildman–Crippen MR) is 148 cm³/mol. The van der Waals surface area contributed by atoms with E-state index in [-0.39, 0.29) is 42.6 Å². The number of carboxylic acid groups (broad SMARTS) is 2. The van der Waals surface area contributed by atoms with Gasteiger partial charge < -0.3 is 51.2 Å². The van der Waals surface area contributed by atoms with Gasteiger partial charge in [-0.1, -0.05) is 0 Å². The zero-order valence-corrected chi connectivity index (χ0v) is 23.0. The number of H-pyrrole nitrogens is 1. The summed E-state index contributed by atoms with van der Waals surface area (Å²) in [6, 6.07) is 4.27. The molecule has 0 aliphatic carbocycles. The molecule has 0 bridgehead atoms. The lowest BCUT2D eigenvalue weighted by Gasteiger charge is -2.34. The fourth-order valence-electron chi connectivity index (χ4n) is 3.69. The molecule has 224 valence electrons. The second kappa shape index (κ2) is 14.6. The molecule has 2 heterocycles. The molecule has 0 radical (unpaired) electrons. The molecule has 2 aromatic rings. The Morgan fingerprint density at radius 3 is 2.44 bits per heavy atom. The summed E-state index contributed by atoms with van der Waals surface area (Å²) in [5.41, 5.74) is 5.80. The highest BCUT2D eigenvalue weighted by Gasteiger charge is 2.29. The van der Waals surface area contributed by atoms with Crippen molar-refractivity contribution < 1.29 is 39.0 Å². The Kier molecular flexibility index (Phi) is 11.6. The Bertz CT molecular complexity index is 1280. The summed E-state index contributed by atoms with van der Waals surface area (Å²) in [4.78, 5) is 65.6. The number of quaternary nitrogens is 1. The van der Waals surface area contributed by atoms with Gasteiger partial charge in [-0.25, -0.2) is 4.79 Å². The van der Waals surface area contributed by atoms with E-state index in [0.717, 1.165) is 11.0 Å². The fraction of sp³-hybridized carbons (Fsp3) is 0.440. The van der Waals surface area contributed by atoms with E-state index in [1.54, 1.807) is 12.1 Å². The molecule has 0 saturated carbocycles. The van der Waals surface area contributed by atoms with E-state index in [9.17, 15) is 29.1 Å². The molecule has 0 spiro atoms. The number of aliphatic carboxylic acids is 2. The maximum absolute atomic E-state index is 12.3. The van der Waals surface area contributed by atoms with Crippen LogP contribution in [0.15, 0.2) is 29.1 Å². The van der Waals surface area contributed by atoms with Crippen molar-refractivity contribution in [2.45, 2.75) is 24.9 Å². The number of likely N-dealkylation sites (N-methyl/N-ethyl adjacent to an activating group) is 1. The largest absolute Gasteiger partial charge is 0.550 e. The highest BCUT2D eigenvalue weighted by Crippen LogP contribution is 2.25. The standard InChI is InChI=1S/C20H23N7O7.C5H14NO/c21-20-25-16-15(18(32)26-20)27(9-28)12(8-23-16)7-22-11-3-1-10(2-4-11)17(31)24-13(19(33)34)5-6-14(29)30;1-6(2,3)4-5-7/h1-4,9,12-13,22H,5-8H2,(H,24,31)(H,29,30)(H,33,34)(H4,21,23,25,26,32);7H,4-5H2,1-3H3/q;+1/p-1/t12-,13-;/m0./s1. The molecule has 16 nitrogen and oxygen atoms in total. The van der Waals surface area contributed by atoms with E-state index in [4.69, 9.17) is 15.9 Å². The molecule has 0 fully saturated rings. The van der Waals surface area contributed by atoms with Crippen molar-refractivity contribution in [1.29, 1.82) is 0 Å². The molecule has 3 rings (SSSR count). The lowest BCUT2D eigenvalue weighted by atomic mass is 10.1. The quantitative estimate of drug-likeness (QED) is 0.103. The number of aromatic amines is 1. The second-order valence-corrected chi connectivity index (χ2v) is 10.2. The second-order valence-electron chi connectivity index (χ2n) is 10.2. The normalized spacial score (nSPS) is 14.8. The van der Waals surface area contributed by atoms with Crippen LogP contribution in [0.4, 0.5) is 23.1 Å². The van der Waals surface area contributed by atoms with Crippen molar-refractivity contribution in [3.63, 3.8) is 0 Å². The van der Waals surface area contributed by atoms with Crippen LogP contribution < -0.4 is 37.2 Å². The minimum atomic E-state index is -1.41. The minimum absolute atomic E-state index is 0.0564. The molecular formula is C25H36N8O8. The molecule has 41 heavy (non-hydrogen) atoms.